The highest BCUT2D eigenvalue weighted by Gasteiger charge is 2.20. The Morgan fingerprint density at radius 2 is 2.21 bits per heavy atom. The van der Waals surface area contributed by atoms with Gasteiger partial charge in [0.2, 0.25) is 5.75 Å². The number of benzene rings is 1. The van der Waals surface area contributed by atoms with Gasteiger partial charge in [0, 0.05) is 11.6 Å². The van der Waals surface area contributed by atoms with Crippen molar-refractivity contribution < 1.29 is 14.4 Å². The normalized spacial score (nSPS) is 10.2. The first kappa shape index (κ1) is 14.6. The standard InChI is InChI=1S/C10H12N4O4S/c1-17-8-4-6(5-12-13-10(11)19)3-7(14(15)16)9(8)18-2/h3-5H,1-2H3,(H3,11,13,19). The summed E-state index contributed by atoms with van der Waals surface area (Å²) in [4.78, 5) is 10.4. The van der Waals surface area contributed by atoms with Crippen LogP contribution in [0.5, 0.6) is 11.5 Å². The van der Waals surface area contributed by atoms with Gasteiger partial charge in [-0.15, -0.1) is 0 Å². The number of hydrogen-bond acceptors (Lipinski definition) is 6. The summed E-state index contributed by atoms with van der Waals surface area (Å²) < 4.78 is 9.99. The van der Waals surface area contributed by atoms with Crippen LogP contribution >= 0.6 is 12.2 Å². The summed E-state index contributed by atoms with van der Waals surface area (Å²) in [7, 11) is 2.71. The van der Waals surface area contributed by atoms with Gasteiger partial charge in [0.25, 0.3) is 0 Å². The first-order valence-corrected chi connectivity index (χ1v) is 5.39. The number of nitro benzene ring substituents is 1. The molecule has 0 fully saturated rings. The monoisotopic (exact) mass is 284 g/mol. The summed E-state index contributed by atoms with van der Waals surface area (Å²) >= 11 is 4.57. The molecular formula is C10H12N4O4S. The van der Waals surface area contributed by atoms with E-state index in [1.165, 1.54) is 32.6 Å². The summed E-state index contributed by atoms with van der Waals surface area (Å²) in [6, 6.07) is 2.84. The largest absolute Gasteiger partial charge is 0.493 e. The van der Waals surface area contributed by atoms with Gasteiger partial charge in [0.15, 0.2) is 10.9 Å². The molecule has 0 amide bonds. The van der Waals surface area contributed by atoms with Crippen molar-refractivity contribution in [1.82, 2.24) is 5.43 Å². The molecule has 1 aromatic rings. The molecule has 0 aliphatic rings. The highest BCUT2D eigenvalue weighted by molar-refractivity contribution is 7.80. The maximum atomic E-state index is 11.0. The maximum absolute atomic E-state index is 11.0. The van der Waals surface area contributed by atoms with Crippen LogP contribution in [-0.4, -0.2) is 30.5 Å². The highest BCUT2D eigenvalue weighted by Crippen LogP contribution is 2.37. The second-order valence-corrected chi connectivity index (χ2v) is 3.71. The van der Waals surface area contributed by atoms with Crippen LogP contribution in [0, 0.1) is 10.1 Å². The van der Waals surface area contributed by atoms with Gasteiger partial charge in [-0.1, -0.05) is 0 Å². The van der Waals surface area contributed by atoms with Gasteiger partial charge >= 0.3 is 5.69 Å². The van der Waals surface area contributed by atoms with E-state index in [2.05, 4.69) is 22.7 Å². The number of hydrazone groups is 1. The van der Waals surface area contributed by atoms with Gasteiger partial charge in [-0.3, -0.25) is 15.5 Å². The summed E-state index contributed by atoms with van der Waals surface area (Å²) in [6.45, 7) is 0. The molecule has 8 nitrogen and oxygen atoms in total. The molecule has 102 valence electrons. The number of nitrogens with two attached hydrogens (primary N) is 1. The molecule has 3 N–H and O–H groups in total. The van der Waals surface area contributed by atoms with E-state index in [9.17, 15) is 10.1 Å². The predicted molar refractivity (Wildman–Crippen MR) is 73.7 cm³/mol. The molecule has 0 heterocycles. The van der Waals surface area contributed by atoms with E-state index < -0.39 is 4.92 Å². The van der Waals surface area contributed by atoms with Crippen LogP contribution in [-0.2, 0) is 0 Å². The highest BCUT2D eigenvalue weighted by atomic mass is 32.1. The average molecular weight is 284 g/mol. The Kier molecular flexibility index (Phi) is 5.01. The number of rotatable bonds is 5. The zero-order chi connectivity index (χ0) is 14.4. The number of ether oxygens (including phenoxy) is 2. The number of nitro groups is 1. The molecule has 0 spiro atoms. The minimum absolute atomic E-state index is 0.00812. The van der Waals surface area contributed by atoms with E-state index in [1.54, 1.807) is 0 Å². The fourth-order valence-corrected chi connectivity index (χ4v) is 1.40. The third-order valence-corrected chi connectivity index (χ3v) is 2.16. The molecule has 1 aromatic carbocycles. The smallest absolute Gasteiger partial charge is 0.315 e. The predicted octanol–water partition coefficient (Wildman–Crippen LogP) is 0.779. The van der Waals surface area contributed by atoms with E-state index in [1.807, 2.05) is 0 Å². The number of thiocarbonyl (C=S) groups is 1. The number of nitrogens with one attached hydrogen (secondary N) is 1. The molecule has 0 atom stereocenters. The van der Waals surface area contributed by atoms with Gasteiger partial charge in [0.05, 0.1) is 25.4 Å². The van der Waals surface area contributed by atoms with Crippen molar-refractivity contribution in [2.24, 2.45) is 10.8 Å². The van der Waals surface area contributed by atoms with Crippen LogP contribution in [0.2, 0.25) is 0 Å². The minimum atomic E-state index is -0.570. The molecule has 19 heavy (non-hydrogen) atoms. The minimum Gasteiger partial charge on any atom is -0.493 e. The second-order valence-electron chi connectivity index (χ2n) is 3.27. The average Bonchev–Trinajstić information content (AvgIpc) is 2.36. The lowest BCUT2D eigenvalue weighted by Crippen LogP contribution is -2.24. The zero-order valence-corrected chi connectivity index (χ0v) is 11.1. The van der Waals surface area contributed by atoms with Crippen LogP contribution in [0.25, 0.3) is 0 Å². The molecule has 9 heteroatoms. The van der Waals surface area contributed by atoms with Crippen molar-refractivity contribution in [3.05, 3.63) is 27.8 Å². The molecule has 0 unspecified atom stereocenters. The first-order chi connectivity index (χ1) is 8.99. The van der Waals surface area contributed by atoms with E-state index >= 15 is 0 Å². The van der Waals surface area contributed by atoms with E-state index in [-0.39, 0.29) is 22.3 Å². The van der Waals surface area contributed by atoms with Crippen molar-refractivity contribution in [1.29, 1.82) is 0 Å². The van der Waals surface area contributed by atoms with Crippen LogP contribution in [0.3, 0.4) is 0 Å². The van der Waals surface area contributed by atoms with Crippen molar-refractivity contribution in [3.63, 3.8) is 0 Å². The molecule has 0 bridgehead atoms. The van der Waals surface area contributed by atoms with Crippen LogP contribution in [0.1, 0.15) is 5.56 Å². The Hall–Kier alpha value is -2.42. The number of nitrogens with zero attached hydrogens (tertiary/aromatic N) is 2. The Balaban J connectivity index is 3.21. The molecule has 0 aliphatic heterocycles. The number of methoxy groups -OCH3 is 2. The summed E-state index contributed by atoms with van der Waals surface area (Å²) in [6.07, 6.45) is 1.33. The molecule has 0 radical (unpaired) electrons. The third kappa shape index (κ3) is 3.78. The summed E-state index contributed by atoms with van der Waals surface area (Å²) in [5, 5.41) is 14.7. The fraction of sp³-hybridized carbons (Fsp3) is 0.200. The second kappa shape index (κ2) is 6.50. The fourth-order valence-electron chi connectivity index (χ4n) is 1.35. The lowest BCUT2D eigenvalue weighted by molar-refractivity contribution is -0.385. The Bertz CT molecular complexity index is 533. The lowest BCUT2D eigenvalue weighted by Gasteiger charge is -2.08. The molecule has 0 saturated heterocycles. The van der Waals surface area contributed by atoms with Crippen molar-refractivity contribution >= 4 is 29.2 Å². The van der Waals surface area contributed by atoms with Gasteiger partial charge < -0.3 is 15.2 Å². The molecule has 0 aromatic heterocycles. The molecule has 0 aliphatic carbocycles. The molecular weight excluding hydrogens is 272 g/mol. The Labute approximate surface area is 114 Å². The van der Waals surface area contributed by atoms with Gasteiger partial charge in [-0.25, -0.2) is 0 Å². The molecule has 1 rings (SSSR count). The maximum Gasteiger partial charge on any atom is 0.315 e. The van der Waals surface area contributed by atoms with Crippen LogP contribution in [0.15, 0.2) is 17.2 Å². The van der Waals surface area contributed by atoms with Crippen molar-refractivity contribution in [2.75, 3.05) is 14.2 Å². The van der Waals surface area contributed by atoms with Gasteiger partial charge in [-0.2, -0.15) is 5.10 Å². The quantitative estimate of drug-likeness (QED) is 0.355. The van der Waals surface area contributed by atoms with E-state index in [0.29, 0.717) is 5.56 Å². The van der Waals surface area contributed by atoms with Crippen LogP contribution < -0.4 is 20.6 Å². The van der Waals surface area contributed by atoms with Crippen molar-refractivity contribution in [3.8, 4) is 11.5 Å². The zero-order valence-electron chi connectivity index (χ0n) is 10.2. The lowest BCUT2D eigenvalue weighted by atomic mass is 10.2. The SMILES string of the molecule is COc1cc(C=NNC(N)=S)cc([N+](=O)[O-])c1OC. The first-order valence-electron chi connectivity index (χ1n) is 4.98. The van der Waals surface area contributed by atoms with Crippen LogP contribution in [0.4, 0.5) is 5.69 Å². The topological polar surface area (TPSA) is 112 Å². The Morgan fingerprint density at radius 1 is 1.53 bits per heavy atom. The van der Waals surface area contributed by atoms with Gasteiger partial charge in [0.1, 0.15) is 0 Å². The third-order valence-electron chi connectivity index (χ3n) is 2.07. The summed E-state index contributed by atoms with van der Waals surface area (Å²) in [5.41, 5.74) is 7.75. The Morgan fingerprint density at radius 3 is 2.68 bits per heavy atom. The van der Waals surface area contributed by atoms with Gasteiger partial charge in [-0.05, 0) is 18.3 Å². The summed E-state index contributed by atoms with van der Waals surface area (Å²) in [5.74, 6) is 0.278. The van der Waals surface area contributed by atoms with Crippen molar-refractivity contribution in [2.45, 2.75) is 0 Å². The number of hydrogen-bond donors (Lipinski definition) is 2. The van der Waals surface area contributed by atoms with E-state index in [4.69, 9.17) is 15.2 Å². The van der Waals surface area contributed by atoms with E-state index in [0.717, 1.165) is 0 Å². The molecule has 0 saturated carbocycles.